The molecule has 29 heavy (non-hydrogen) atoms. The minimum atomic E-state index is -4.71. The van der Waals surface area contributed by atoms with E-state index in [1.807, 2.05) is 4.90 Å². The fraction of sp³-hybridized carbons (Fsp3) is 0.368. The lowest BCUT2D eigenvalue weighted by molar-refractivity contribution is -0.384. The van der Waals surface area contributed by atoms with E-state index in [9.17, 15) is 28.1 Å². The Hall–Kier alpha value is -3.17. The molecule has 1 saturated heterocycles. The molecule has 0 bridgehead atoms. The Morgan fingerprint density at radius 3 is 2.55 bits per heavy atom. The normalized spacial score (nSPS) is 15.8. The van der Waals surface area contributed by atoms with Gasteiger partial charge in [0.2, 0.25) is 0 Å². The van der Waals surface area contributed by atoms with E-state index >= 15 is 0 Å². The SMILES string of the molecule is CC1CCN(c2ccc(/C=C/c3cc(C(F)(F)F)[nH]c(=O)n3)cc2[N+](=O)[O-])CC1. The van der Waals surface area contributed by atoms with Crippen molar-refractivity contribution in [1.29, 1.82) is 0 Å². The molecule has 0 atom stereocenters. The lowest BCUT2D eigenvalue weighted by Crippen LogP contribution is -2.33. The number of aromatic nitrogens is 2. The van der Waals surface area contributed by atoms with Gasteiger partial charge in [-0.3, -0.25) is 10.1 Å². The van der Waals surface area contributed by atoms with Crippen LogP contribution in [0.3, 0.4) is 0 Å². The molecule has 1 fully saturated rings. The molecule has 1 aliphatic rings. The van der Waals surface area contributed by atoms with E-state index in [0.717, 1.165) is 25.9 Å². The zero-order chi connectivity index (χ0) is 21.2. The van der Waals surface area contributed by atoms with Crippen LogP contribution in [0.5, 0.6) is 0 Å². The van der Waals surface area contributed by atoms with Gasteiger partial charge in [-0.05, 0) is 42.5 Å². The van der Waals surface area contributed by atoms with Gasteiger partial charge in [0.1, 0.15) is 11.4 Å². The van der Waals surface area contributed by atoms with E-state index in [1.165, 1.54) is 18.2 Å². The number of anilines is 1. The van der Waals surface area contributed by atoms with Gasteiger partial charge in [0.05, 0.1) is 10.6 Å². The van der Waals surface area contributed by atoms with Gasteiger partial charge in [0.15, 0.2) is 0 Å². The van der Waals surface area contributed by atoms with Crippen molar-refractivity contribution in [2.24, 2.45) is 5.92 Å². The average Bonchev–Trinajstić information content (AvgIpc) is 2.66. The number of alkyl halides is 3. The number of benzene rings is 1. The summed E-state index contributed by atoms with van der Waals surface area (Å²) in [5.74, 6) is 0.579. The van der Waals surface area contributed by atoms with Crippen LogP contribution < -0.4 is 10.6 Å². The summed E-state index contributed by atoms with van der Waals surface area (Å²) in [6.07, 6.45) is -0.205. The highest BCUT2D eigenvalue weighted by atomic mass is 19.4. The third-order valence-electron chi connectivity index (χ3n) is 4.84. The number of nitro benzene ring substituents is 1. The molecule has 3 rings (SSSR count). The largest absolute Gasteiger partial charge is 0.431 e. The van der Waals surface area contributed by atoms with Crippen LogP contribution in [0.2, 0.25) is 0 Å². The van der Waals surface area contributed by atoms with Gasteiger partial charge in [-0.15, -0.1) is 0 Å². The lowest BCUT2D eigenvalue weighted by atomic mass is 9.98. The number of rotatable bonds is 4. The second-order valence-corrected chi connectivity index (χ2v) is 7.03. The second kappa shape index (κ2) is 8.06. The Morgan fingerprint density at radius 2 is 1.93 bits per heavy atom. The predicted octanol–water partition coefficient (Wildman–Crippen LogP) is 4.10. The number of halogens is 3. The zero-order valence-electron chi connectivity index (χ0n) is 15.6. The molecule has 0 unspecified atom stereocenters. The first-order chi connectivity index (χ1) is 13.6. The third kappa shape index (κ3) is 5.01. The van der Waals surface area contributed by atoms with E-state index < -0.39 is 22.5 Å². The molecule has 1 aromatic carbocycles. The fourth-order valence-corrected chi connectivity index (χ4v) is 3.20. The van der Waals surface area contributed by atoms with E-state index in [1.54, 1.807) is 17.1 Å². The maximum atomic E-state index is 12.8. The molecule has 7 nitrogen and oxygen atoms in total. The van der Waals surface area contributed by atoms with Gasteiger partial charge in [-0.25, -0.2) is 4.79 Å². The molecule has 0 saturated carbocycles. The second-order valence-electron chi connectivity index (χ2n) is 7.03. The third-order valence-corrected chi connectivity index (χ3v) is 4.84. The van der Waals surface area contributed by atoms with Gasteiger partial charge in [0, 0.05) is 19.2 Å². The number of aromatic amines is 1. The Kier molecular flexibility index (Phi) is 5.71. The summed E-state index contributed by atoms with van der Waals surface area (Å²) in [6, 6.07) is 5.35. The Labute approximate surface area is 164 Å². The molecular formula is C19H19F3N4O3. The highest BCUT2D eigenvalue weighted by Gasteiger charge is 2.32. The van der Waals surface area contributed by atoms with Gasteiger partial charge in [-0.2, -0.15) is 18.2 Å². The molecule has 2 aromatic rings. The van der Waals surface area contributed by atoms with Gasteiger partial charge in [-0.1, -0.05) is 19.1 Å². The van der Waals surface area contributed by atoms with E-state index in [2.05, 4.69) is 11.9 Å². The summed E-state index contributed by atoms with van der Waals surface area (Å²) in [5, 5.41) is 11.5. The van der Waals surface area contributed by atoms with Crippen LogP contribution in [0.1, 0.15) is 36.7 Å². The molecule has 1 N–H and O–H groups in total. The van der Waals surface area contributed by atoms with Crippen LogP contribution in [-0.2, 0) is 6.18 Å². The maximum Gasteiger partial charge on any atom is 0.431 e. The zero-order valence-corrected chi connectivity index (χ0v) is 15.6. The van der Waals surface area contributed by atoms with Gasteiger partial charge in [0.25, 0.3) is 5.69 Å². The van der Waals surface area contributed by atoms with E-state index in [-0.39, 0.29) is 11.4 Å². The van der Waals surface area contributed by atoms with Crippen LogP contribution in [0, 0.1) is 16.0 Å². The molecule has 0 amide bonds. The summed E-state index contributed by atoms with van der Waals surface area (Å²) < 4.78 is 38.4. The number of nitrogens with zero attached hydrogens (tertiary/aromatic N) is 3. The van der Waals surface area contributed by atoms with Crippen LogP contribution in [0.4, 0.5) is 24.5 Å². The van der Waals surface area contributed by atoms with Crippen molar-refractivity contribution >= 4 is 23.5 Å². The van der Waals surface area contributed by atoms with Crippen molar-refractivity contribution in [3.63, 3.8) is 0 Å². The Morgan fingerprint density at radius 1 is 1.24 bits per heavy atom. The highest BCUT2D eigenvalue weighted by molar-refractivity contribution is 5.73. The first-order valence-electron chi connectivity index (χ1n) is 9.03. The van der Waals surface area contributed by atoms with Crippen LogP contribution >= 0.6 is 0 Å². The quantitative estimate of drug-likeness (QED) is 0.607. The standard InChI is InChI=1S/C19H19F3N4O3/c1-12-6-8-25(9-7-12)15-5-3-13(10-16(15)26(28)29)2-4-14-11-17(19(20,21)22)24-18(27)23-14/h2-5,10-12H,6-9H2,1H3,(H,23,24,27)/b4-2+. The number of hydrogen-bond donors (Lipinski definition) is 1. The summed E-state index contributed by atoms with van der Waals surface area (Å²) in [4.78, 5) is 29.5. The average molecular weight is 408 g/mol. The predicted molar refractivity (Wildman–Crippen MR) is 102 cm³/mol. The molecule has 0 spiro atoms. The molecule has 1 aromatic heterocycles. The molecule has 10 heteroatoms. The van der Waals surface area contributed by atoms with Crippen molar-refractivity contribution in [2.45, 2.75) is 25.9 Å². The van der Waals surface area contributed by atoms with Crippen LogP contribution in [0.25, 0.3) is 12.2 Å². The minimum absolute atomic E-state index is 0.0726. The van der Waals surface area contributed by atoms with Crippen LogP contribution in [-0.4, -0.2) is 28.0 Å². The number of piperidine rings is 1. The summed E-state index contributed by atoms with van der Waals surface area (Å²) in [5.41, 5.74) is -1.67. The number of nitro groups is 1. The van der Waals surface area contributed by atoms with Crippen molar-refractivity contribution in [1.82, 2.24) is 9.97 Å². The highest BCUT2D eigenvalue weighted by Crippen LogP contribution is 2.33. The Bertz CT molecular complexity index is 993. The van der Waals surface area contributed by atoms with E-state index in [4.69, 9.17) is 0 Å². The number of H-pyrrole nitrogens is 1. The van der Waals surface area contributed by atoms with Crippen molar-refractivity contribution < 1.29 is 18.1 Å². The monoisotopic (exact) mass is 408 g/mol. The summed E-state index contributed by atoms with van der Waals surface area (Å²) >= 11 is 0. The van der Waals surface area contributed by atoms with Crippen molar-refractivity contribution in [2.75, 3.05) is 18.0 Å². The minimum Gasteiger partial charge on any atom is -0.366 e. The van der Waals surface area contributed by atoms with Crippen molar-refractivity contribution in [3.05, 3.63) is 61.8 Å². The van der Waals surface area contributed by atoms with Crippen molar-refractivity contribution in [3.8, 4) is 0 Å². The topological polar surface area (TPSA) is 92.1 Å². The molecular weight excluding hydrogens is 389 g/mol. The lowest BCUT2D eigenvalue weighted by Gasteiger charge is -2.31. The van der Waals surface area contributed by atoms with Gasteiger partial charge < -0.3 is 9.88 Å². The summed E-state index contributed by atoms with van der Waals surface area (Å²) in [7, 11) is 0. The number of hydrogen-bond acceptors (Lipinski definition) is 5. The fourth-order valence-electron chi connectivity index (χ4n) is 3.20. The summed E-state index contributed by atoms with van der Waals surface area (Å²) in [6.45, 7) is 3.61. The van der Waals surface area contributed by atoms with Gasteiger partial charge >= 0.3 is 11.9 Å². The smallest absolute Gasteiger partial charge is 0.366 e. The molecule has 1 aliphatic heterocycles. The Balaban J connectivity index is 1.89. The first kappa shape index (κ1) is 20.6. The van der Waals surface area contributed by atoms with E-state index in [0.29, 0.717) is 23.2 Å². The molecule has 0 radical (unpaired) electrons. The van der Waals surface area contributed by atoms with Crippen LogP contribution in [0.15, 0.2) is 29.1 Å². The first-order valence-corrected chi connectivity index (χ1v) is 9.03. The maximum absolute atomic E-state index is 12.8. The molecule has 154 valence electrons. The molecule has 2 heterocycles. The number of nitrogens with one attached hydrogen (secondary N) is 1. The molecule has 0 aliphatic carbocycles.